The maximum Gasteiger partial charge on any atom is 0.333 e. The van der Waals surface area contributed by atoms with Crippen LogP contribution in [0.25, 0.3) is 0 Å². The smallest absolute Gasteiger partial charge is 0.333 e. The lowest BCUT2D eigenvalue weighted by Crippen LogP contribution is -2.33. The number of esters is 3. The van der Waals surface area contributed by atoms with E-state index in [0.29, 0.717) is 0 Å². The molecule has 0 saturated heterocycles. The summed E-state index contributed by atoms with van der Waals surface area (Å²) in [5.41, 5.74) is -4.13. The van der Waals surface area contributed by atoms with E-state index in [1.165, 1.54) is 39.0 Å². The van der Waals surface area contributed by atoms with Gasteiger partial charge in [-0.15, -0.1) is 0 Å². The normalized spacial score (nSPS) is 12.1. The van der Waals surface area contributed by atoms with Crippen LogP contribution in [0.15, 0.2) is 91.1 Å². The summed E-state index contributed by atoms with van der Waals surface area (Å²) in [6, 6.07) is 10.3. The van der Waals surface area contributed by atoms with Gasteiger partial charge in [0.25, 0.3) is 17.7 Å². The Morgan fingerprint density at radius 2 is 0.681 bits per heavy atom. The van der Waals surface area contributed by atoms with Crippen LogP contribution >= 0.6 is 0 Å². The zero-order valence-electron chi connectivity index (χ0n) is 37.5. The van der Waals surface area contributed by atoms with Crippen LogP contribution in [0, 0.1) is 0 Å². The van der Waals surface area contributed by atoms with Gasteiger partial charge in [0.1, 0.15) is 38.1 Å². The zero-order chi connectivity index (χ0) is 51.4. The number of aromatic hydroxyl groups is 6. The molecule has 0 aromatic heterocycles. The first-order valence-electron chi connectivity index (χ1n) is 20.6. The number of carbonyl (C=O) groups is 6. The lowest BCUT2D eigenvalue weighted by atomic mass is 9.80. The number of aliphatic hydroxyl groups is 3. The van der Waals surface area contributed by atoms with Crippen molar-refractivity contribution in [2.45, 2.75) is 58.7 Å². The number of aliphatic hydroxyl groups excluding tert-OH is 3. The van der Waals surface area contributed by atoms with E-state index in [2.05, 4.69) is 35.7 Å². The number of phenols is 6. The van der Waals surface area contributed by atoms with Crippen LogP contribution in [-0.2, 0) is 48.2 Å². The largest absolute Gasteiger partial charge is 0.504 e. The van der Waals surface area contributed by atoms with Crippen molar-refractivity contribution < 1.29 is 88.9 Å². The van der Waals surface area contributed by atoms with Gasteiger partial charge < -0.3 is 76.1 Å². The summed E-state index contributed by atoms with van der Waals surface area (Å²) in [5, 5.41) is 106. The fourth-order valence-electron chi connectivity index (χ4n) is 6.78. The zero-order valence-corrected chi connectivity index (χ0v) is 37.5. The summed E-state index contributed by atoms with van der Waals surface area (Å²) in [6.45, 7) is 9.15. The van der Waals surface area contributed by atoms with Crippen LogP contribution in [0.1, 0.15) is 104 Å². The van der Waals surface area contributed by atoms with Gasteiger partial charge in [-0.25, -0.2) is 14.4 Å². The Morgan fingerprint density at radius 3 is 0.899 bits per heavy atom. The van der Waals surface area contributed by atoms with E-state index in [1.54, 1.807) is 0 Å². The average Bonchev–Trinajstić information content (AvgIpc) is 3.30. The topological polar surface area (TPSA) is 348 Å². The molecule has 4 rings (SSSR count). The highest BCUT2D eigenvalue weighted by Gasteiger charge is 2.35. The Balaban J connectivity index is 2.18. The van der Waals surface area contributed by atoms with E-state index in [9.17, 15) is 74.7 Å². The quantitative estimate of drug-likeness (QED) is 0.0247. The van der Waals surface area contributed by atoms with Crippen molar-refractivity contribution in [3.8, 4) is 34.5 Å². The summed E-state index contributed by atoms with van der Waals surface area (Å²) in [4.78, 5) is 79.5. The second-order valence-electron chi connectivity index (χ2n) is 15.4. The van der Waals surface area contributed by atoms with Crippen molar-refractivity contribution in [1.82, 2.24) is 16.0 Å². The highest BCUT2D eigenvalue weighted by atomic mass is 16.6. The summed E-state index contributed by atoms with van der Waals surface area (Å²) < 4.78 is 15.9. The van der Waals surface area contributed by atoms with Gasteiger partial charge in [-0.3, -0.25) is 14.4 Å². The molecular weight excluding hydrogens is 907 g/mol. The molecule has 4 aromatic rings. The number of amides is 3. The molecule has 0 spiro atoms. The standard InChI is InChI=1S/C48H51N3O18/c1-22(2)46(64)67-19-34(55)37-28(16-49-43(61)25-10-7-13-31(52)40(25)58)38(35(56)20-68-47(65)23(3)4)30(18-51-45(63)27-12-9-15-33(54)42(27)60)39(36(57)21-69-48(66)24(5)6)29(37)17-50-44(62)26-11-8-14-32(53)41(26)59/h7-15,34-36,52-60H,1,3,5,16-21H2,2,4,6H3,(H,49,61)(H,50,62)(H,51,63). The fourth-order valence-corrected chi connectivity index (χ4v) is 6.78. The molecule has 0 radical (unpaired) electrons. The van der Waals surface area contributed by atoms with Crippen LogP contribution in [0.4, 0.5) is 0 Å². The molecule has 21 heteroatoms. The van der Waals surface area contributed by atoms with Crippen LogP contribution in [-0.4, -0.2) is 101 Å². The minimum Gasteiger partial charge on any atom is -0.504 e. The Labute approximate surface area is 393 Å². The van der Waals surface area contributed by atoms with Gasteiger partial charge in [0.2, 0.25) is 0 Å². The minimum absolute atomic E-state index is 0.117. The first kappa shape index (κ1) is 53.2. The van der Waals surface area contributed by atoms with Crippen molar-refractivity contribution in [3.05, 3.63) is 141 Å². The van der Waals surface area contributed by atoms with E-state index in [0.717, 1.165) is 36.4 Å². The van der Waals surface area contributed by atoms with Gasteiger partial charge in [0.05, 0.1) is 16.7 Å². The van der Waals surface area contributed by atoms with Crippen LogP contribution in [0.5, 0.6) is 34.5 Å². The summed E-state index contributed by atoms with van der Waals surface area (Å²) in [6.07, 6.45) is -6.22. The Morgan fingerprint density at radius 1 is 0.449 bits per heavy atom. The molecule has 0 fully saturated rings. The monoisotopic (exact) mass is 957 g/mol. The number of carbonyl (C=O) groups excluding carboxylic acids is 6. The molecule has 21 nitrogen and oxygen atoms in total. The molecule has 0 saturated carbocycles. The van der Waals surface area contributed by atoms with Crippen molar-refractivity contribution in [1.29, 1.82) is 0 Å². The third-order valence-electron chi connectivity index (χ3n) is 10.2. The Bertz CT molecular complexity index is 2400. The molecule has 3 unspecified atom stereocenters. The number of rotatable bonds is 21. The third kappa shape index (κ3) is 12.9. The number of hydrogen-bond donors (Lipinski definition) is 12. The lowest BCUT2D eigenvalue weighted by Gasteiger charge is -2.32. The molecule has 0 bridgehead atoms. The summed E-state index contributed by atoms with van der Waals surface area (Å²) in [5.74, 6) is -10.9. The molecule has 3 atom stereocenters. The molecule has 4 aromatic carbocycles. The number of phenolic OH excluding ortho intramolecular Hbond substituents is 6. The maximum absolute atomic E-state index is 13.8. The van der Waals surface area contributed by atoms with E-state index < -0.39 is 161 Å². The first-order valence-corrected chi connectivity index (χ1v) is 20.6. The van der Waals surface area contributed by atoms with Crippen LogP contribution < -0.4 is 16.0 Å². The molecule has 0 aliphatic heterocycles. The van der Waals surface area contributed by atoms with Gasteiger partial charge in [0.15, 0.2) is 34.5 Å². The minimum atomic E-state index is -2.07. The van der Waals surface area contributed by atoms with E-state index in [4.69, 9.17) is 14.2 Å². The van der Waals surface area contributed by atoms with Crippen molar-refractivity contribution >= 4 is 35.6 Å². The molecule has 0 aliphatic rings. The lowest BCUT2D eigenvalue weighted by molar-refractivity contribution is -0.142. The van der Waals surface area contributed by atoms with E-state index >= 15 is 0 Å². The van der Waals surface area contributed by atoms with Crippen molar-refractivity contribution in [3.63, 3.8) is 0 Å². The van der Waals surface area contributed by atoms with Gasteiger partial charge in [-0.05, 0) is 90.6 Å². The number of para-hydroxylation sites is 3. The molecule has 366 valence electrons. The van der Waals surface area contributed by atoms with Crippen molar-refractivity contribution in [2.24, 2.45) is 0 Å². The first-order chi connectivity index (χ1) is 32.5. The third-order valence-corrected chi connectivity index (χ3v) is 10.2. The van der Waals surface area contributed by atoms with Gasteiger partial charge in [0, 0.05) is 36.4 Å². The van der Waals surface area contributed by atoms with E-state index in [1.807, 2.05) is 0 Å². The Hall–Kier alpha value is -8.40. The average molecular weight is 958 g/mol. The number of nitrogens with one attached hydrogen (secondary N) is 3. The molecule has 69 heavy (non-hydrogen) atoms. The van der Waals surface area contributed by atoms with Crippen LogP contribution in [0.2, 0.25) is 0 Å². The highest BCUT2D eigenvalue weighted by Crippen LogP contribution is 2.41. The maximum atomic E-state index is 13.8. The number of hydrogen-bond acceptors (Lipinski definition) is 18. The van der Waals surface area contributed by atoms with Gasteiger partial charge in [-0.1, -0.05) is 37.9 Å². The summed E-state index contributed by atoms with van der Waals surface area (Å²) in [7, 11) is 0. The predicted molar refractivity (Wildman–Crippen MR) is 241 cm³/mol. The molecule has 0 aliphatic carbocycles. The summed E-state index contributed by atoms with van der Waals surface area (Å²) >= 11 is 0. The van der Waals surface area contributed by atoms with Gasteiger partial charge in [-0.2, -0.15) is 0 Å². The molecule has 0 heterocycles. The van der Waals surface area contributed by atoms with E-state index in [-0.39, 0.29) is 33.4 Å². The predicted octanol–water partition coefficient (Wildman–Crippen LogP) is 3.17. The number of benzene rings is 4. The fraction of sp³-hybridized carbons (Fsp3) is 0.250. The van der Waals surface area contributed by atoms with Gasteiger partial charge >= 0.3 is 17.9 Å². The Kier molecular flexibility index (Phi) is 18.0. The number of ether oxygens (including phenoxy) is 3. The molecule has 3 amide bonds. The van der Waals surface area contributed by atoms with Crippen LogP contribution in [0.3, 0.4) is 0 Å². The van der Waals surface area contributed by atoms with Crippen molar-refractivity contribution in [2.75, 3.05) is 19.8 Å². The highest BCUT2D eigenvalue weighted by molar-refractivity contribution is 5.99. The second-order valence-corrected chi connectivity index (χ2v) is 15.4. The molecule has 12 N–H and O–H groups in total. The second kappa shape index (κ2) is 23.4. The molecular formula is C48H51N3O18. The SMILES string of the molecule is C=C(C)C(=O)OCC(O)c1c(CNC(=O)c2cccc(O)c2O)c(C(O)COC(=O)C(=C)C)c(CNC(=O)c2cccc(O)c2O)c(C(O)COC(=O)C(=C)C)c1CNC(=O)c1cccc(O)c1O.